The molecule has 0 saturated carbocycles. The summed E-state index contributed by atoms with van der Waals surface area (Å²) in [5.74, 6) is -1.42. The van der Waals surface area contributed by atoms with Gasteiger partial charge in [-0.15, -0.1) is 0 Å². The quantitative estimate of drug-likeness (QED) is 0.286. The van der Waals surface area contributed by atoms with Gasteiger partial charge in [0.15, 0.2) is 0 Å². The molecular formula is C15H21NO8S. The van der Waals surface area contributed by atoms with Gasteiger partial charge >= 0.3 is 5.97 Å². The highest BCUT2D eigenvalue weighted by Crippen LogP contribution is 2.44. The van der Waals surface area contributed by atoms with Crippen LogP contribution in [0.1, 0.15) is 6.42 Å². The van der Waals surface area contributed by atoms with E-state index in [-0.39, 0.29) is 0 Å². The molecule has 140 valence electrons. The molecular weight excluding hydrogens is 354 g/mol. The monoisotopic (exact) mass is 375 g/mol. The van der Waals surface area contributed by atoms with Gasteiger partial charge in [0.1, 0.15) is 24.4 Å². The number of nitrogens with two attached hydrogens (primary N) is 1. The number of nitrogen functional groups attached to an aromatic ring is 1. The molecule has 0 aliphatic carbocycles. The fourth-order valence-corrected chi connectivity index (χ4v) is 3.68. The summed E-state index contributed by atoms with van der Waals surface area (Å²) in [5.41, 5.74) is 6.07. The summed E-state index contributed by atoms with van der Waals surface area (Å²) >= 11 is 0.771. The summed E-state index contributed by atoms with van der Waals surface area (Å²) in [4.78, 5) is 10.3. The van der Waals surface area contributed by atoms with Crippen LogP contribution in [0.5, 0.6) is 0 Å². The molecule has 9 nitrogen and oxygen atoms in total. The van der Waals surface area contributed by atoms with Crippen LogP contribution >= 0.6 is 11.8 Å². The van der Waals surface area contributed by atoms with Crippen molar-refractivity contribution < 1.29 is 40.2 Å². The minimum absolute atomic E-state index is 0.447. The van der Waals surface area contributed by atoms with E-state index in [1.807, 2.05) is 0 Å². The topological polar surface area (TPSA) is 174 Å². The Hall–Kier alpha value is -1.40. The van der Waals surface area contributed by atoms with E-state index in [1.54, 1.807) is 24.3 Å². The highest BCUT2D eigenvalue weighted by Gasteiger charge is 2.54. The van der Waals surface area contributed by atoms with Crippen LogP contribution < -0.4 is 5.73 Å². The summed E-state index contributed by atoms with van der Waals surface area (Å²) in [6.45, 7) is -0.824. The smallest absolute Gasteiger partial charge is 0.347 e. The van der Waals surface area contributed by atoms with Crippen LogP contribution in [0.15, 0.2) is 29.2 Å². The van der Waals surface area contributed by atoms with E-state index in [0.717, 1.165) is 11.8 Å². The van der Waals surface area contributed by atoms with Gasteiger partial charge < -0.3 is 41.1 Å². The number of benzene rings is 1. The van der Waals surface area contributed by atoms with E-state index in [2.05, 4.69) is 0 Å². The Morgan fingerprint density at radius 3 is 2.44 bits per heavy atom. The average Bonchev–Trinajstić information content (AvgIpc) is 2.58. The van der Waals surface area contributed by atoms with Gasteiger partial charge in [0.05, 0.1) is 12.7 Å². The Bertz CT molecular complexity index is 600. The molecule has 1 aliphatic rings. The van der Waals surface area contributed by atoms with E-state index in [4.69, 9.17) is 15.6 Å². The van der Waals surface area contributed by atoms with Gasteiger partial charge in [-0.1, -0.05) is 11.8 Å². The summed E-state index contributed by atoms with van der Waals surface area (Å²) in [6, 6.07) is 6.26. The molecule has 0 bridgehead atoms. The first-order chi connectivity index (χ1) is 11.7. The van der Waals surface area contributed by atoms with Crippen molar-refractivity contribution in [2.75, 3.05) is 12.3 Å². The molecule has 1 aliphatic heterocycles. The van der Waals surface area contributed by atoms with Gasteiger partial charge in [0.2, 0.25) is 4.93 Å². The summed E-state index contributed by atoms with van der Waals surface area (Å²) in [5, 5.41) is 58.3. The maximum Gasteiger partial charge on any atom is 0.347 e. The maximum absolute atomic E-state index is 11.9. The number of aliphatic carboxylic acids is 1. The van der Waals surface area contributed by atoms with Crippen LogP contribution in [0.25, 0.3) is 0 Å². The molecule has 1 fully saturated rings. The zero-order valence-corrected chi connectivity index (χ0v) is 13.9. The SMILES string of the molecule is Nc1ccc(S[C@]2(C(=O)O)C[C@H](O)[C@@H](O)[C@H](C(O)C(O)CO)O2)cc1. The van der Waals surface area contributed by atoms with E-state index in [0.29, 0.717) is 10.6 Å². The lowest BCUT2D eigenvalue weighted by atomic mass is 9.92. The van der Waals surface area contributed by atoms with Gasteiger partial charge in [-0.25, -0.2) is 4.79 Å². The molecule has 1 aromatic rings. The van der Waals surface area contributed by atoms with Crippen LogP contribution in [0.2, 0.25) is 0 Å². The molecule has 8 N–H and O–H groups in total. The molecule has 6 atom stereocenters. The van der Waals surface area contributed by atoms with Crippen molar-refractivity contribution in [3.8, 4) is 0 Å². The second kappa shape index (κ2) is 7.87. The Kier molecular flexibility index (Phi) is 6.27. The normalized spacial score (nSPS) is 32.1. The Morgan fingerprint density at radius 1 is 1.32 bits per heavy atom. The van der Waals surface area contributed by atoms with Crippen molar-refractivity contribution >= 4 is 23.4 Å². The molecule has 25 heavy (non-hydrogen) atoms. The van der Waals surface area contributed by atoms with Gasteiger partial charge in [0, 0.05) is 17.0 Å². The van der Waals surface area contributed by atoms with Crippen LogP contribution in [0.3, 0.4) is 0 Å². The third kappa shape index (κ3) is 4.23. The van der Waals surface area contributed by atoms with E-state index < -0.39 is 54.4 Å². The van der Waals surface area contributed by atoms with Crippen molar-refractivity contribution in [2.45, 2.75) is 46.8 Å². The first-order valence-corrected chi connectivity index (χ1v) is 8.30. The fraction of sp³-hybridized carbons (Fsp3) is 0.533. The standard InChI is InChI=1S/C15H21NO8S/c16-7-1-3-8(4-2-7)25-15(14(22)23)5-9(18)11(20)13(24-15)12(21)10(19)6-17/h1-4,9-13,17-21H,5-6,16H2,(H,22,23)/t9-,10?,11+,12?,13+,15-/m0/s1. The first-order valence-electron chi connectivity index (χ1n) is 7.49. The molecule has 0 amide bonds. The van der Waals surface area contributed by atoms with Crippen molar-refractivity contribution in [3.63, 3.8) is 0 Å². The summed E-state index contributed by atoms with van der Waals surface area (Å²) in [6.07, 6.45) is -8.66. The largest absolute Gasteiger partial charge is 0.478 e. The molecule has 0 aromatic heterocycles. The van der Waals surface area contributed by atoms with Crippen molar-refractivity contribution in [2.24, 2.45) is 0 Å². The number of aliphatic hydroxyl groups is 5. The number of rotatable bonds is 6. The number of carboxylic acids is 1. The number of aliphatic hydroxyl groups excluding tert-OH is 5. The van der Waals surface area contributed by atoms with Crippen LogP contribution in [0.4, 0.5) is 5.69 Å². The number of anilines is 1. The van der Waals surface area contributed by atoms with Crippen LogP contribution in [-0.2, 0) is 9.53 Å². The first kappa shape index (κ1) is 19.9. The third-order valence-electron chi connectivity index (χ3n) is 3.94. The van der Waals surface area contributed by atoms with E-state index in [9.17, 15) is 30.3 Å². The van der Waals surface area contributed by atoms with Crippen molar-refractivity contribution in [1.29, 1.82) is 0 Å². The number of ether oxygens (including phenoxy) is 1. The van der Waals surface area contributed by atoms with Gasteiger partial charge in [-0.05, 0) is 24.3 Å². The zero-order chi connectivity index (χ0) is 18.8. The van der Waals surface area contributed by atoms with Crippen LogP contribution in [-0.4, -0.2) is 78.7 Å². The van der Waals surface area contributed by atoms with Crippen molar-refractivity contribution in [3.05, 3.63) is 24.3 Å². The Labute approximate surface area is 147 Å². The Balaban J connectivity index is 2.32. The lowest BCUT2D eigenvalue weighted by molar-refractivity contribution is -0.230. The molecule has 2 rings (SSSR count). The number of carbonyl (C=O) groups is 1. The fourth-order valence-electron chi connectivity index (χ4n) is 2.52. The lowest BCUT2D eigenvalue weighted by Crippen LogP contribution is -2.61. The molecule has 10 heteroatoms. The molecule has 1 saturated heterocycles. The maximum atomic E-state index is 11.9. The number of hydrogen-bond donors (Lipinski definition) is 7. The molecule has 1 aromatic carbocycles. The molecule has 0 radical (unpaired) electrons. The van der Waals surface area contributed by atoms with E-state index in [1.165, 1.54) is 0 Å². The highest BCUT2D eigenvalue weighted by molar-refractivity contribution is 8.01. The van der Waals surface area contributed by atoms with Crippen LogP contribution in [0, 0.1) is 0 Å². The van der Waals surface area contributed by atoms with Gasteiger partial charge in [-0.3, -0.25) is 0 Å². The summed E-state index contributed by atoms with van der Waals surface area (Å²) < 4.78 is 5.44. The van der Waals surface area contributed by atoms with Gasteiger partial charge in [0.25, 0.3) is 0 Å². The molecule has 0 spiro atoms. The minimum Gasteiger partial charge on any atom is -0.478 e. The Morgan fingerprint density at radius 2 is 1.92 bits per heavy atom. The lowest BCUT2D eigenvalue weighted by Gasteiger charge is -2.44. The van der Waals surface area contributed by atoms with Crippen molar-refractivity contribution in [1.82, 2.24) is 0 Å². The van der Waals surface area contributed by atoms with E-state index >= 15 is 0 Å². The molecule has 1 heterocycles. The second-order valence-electron chi connectivity index (χ2n) is 5.81. The van der Waals surface area contributed by atoms with Gasteiger partial charge in [-0.2, -0.15) is 0 Å². The highest BCUT2D eigenvalue weighted by atomic mass is 32.2. The molecule has 2 unspecified atom stereocenters. The predicted molar refractivity (Wildman–Crippen MR) is 87.7 cm³/mol. The predicted octanol–water partition coefficient (Wildman–Crippen LogP) is -1.63. The summed E-state index contributed by atoms with van der Waals surface area (Å²) in [7, 11) is 0. The minimum atomic E-state index is -2.00. The average molecular weight is 375 g/mol. The zero-order valence-electron chi connectivity index (χ0n) is 13.1. The number of hydrogen-bond acceptors (Lipinski definition) is 9. The third-order valence-corrected chi connectivity index (χ3v) is 5.22. The number of carboxylic acid groups (broad SMARTS) is 1. The second-order valence-corrected chi connectivity index (χ2v) is 7.15. The number of thioether (sulfide) groups is 1.